The first kappa shape index (κ1) is 14.3. The maximum atomic E-state index is 14.2. The average Bonchev–Trinajstić information content (AvgIpc) is 2.77. The van der Waals surface area contributed by atoms with Crippen molar-refractivity contribution < 1.29 is 4.39 Å². The number of hydrogen-bond donors (Lipinski definition) is 1. The van der Waals surface area contributed by atoms with E-state index in [-0.39, 0.29) is 11.9 Å². The van der Waals surface area contributed by atoms with E-state index >= 15 is 0 Å². The number of halogens is 1. The highest BCUT2D eigenvalue weighted by atomic mass is 19.1. The second-order valence-corrected chi connectivity index (χ2v) is 5.82. The smallest absolute Gasteiger partial charge is 0.146 e. The van der Waals surface area contributed by atoms with Crippen molar-refractivity contribution in [3.63, 3.8) is 0 Å². The van der Waals surface area contributed by atoms with Gasteiger partial charge in [-0.2, -0.15) is 0 Å². The lowest BCUT2D eigenvalue weighted by atomic mass is 10.1. The zero-order valence-corrected chi connectivity index (χ0v) is 12.1. The van der Waals surface area contributed by atoms with Gasteiger partial charge in [0.25, 0.3) is 0 Å². The molecule has 0 saturated carbocycles. The molecule has 1 fully saturated rings. The van der Waals surface area contributed by atoms with Crippen molar-refractivity contribution in [1.29, 1.82) is 0 Å². The second-order valence-electron chi connectivity index (χ2n) is 5.82. The molecule has 0 radical (unpaired) electrons. The molecule has 106 valence electrons. The fraction of sp³-hybridized carbons (Fsp3) is 0.600. The van der Waals surface area contributed by atoms with Crippen LogP contribution in [0.25, 0.3) is 0 Å². The third kappa shape index (κ3) is 3.45. The van der Waals surface area contributed by atoms with Crippen molar-refractivity contribution in [2.24, 2.45) is 5.73 Å². The zero-order valence-electron chi connectivity index (χ0n) is 12.1. The third-order valence-corrected chi connectivity index (χ3v) is 3.80. The summed E-state index contributed by atoms with van der Waals surface area (Å²) in [7, 11) is 4.16. The SMILES string of the molecule is CC(N)Cc1ccc(N2CCC(N(C)C)C2)c(F)c1. The maximum absolute atomic E-state index is 14.2. The molecular weight excluding hydrogens is 241 g/mol. The number of hydrogen-bond acceptors (Lipinski definition) is 3. The Bertz CT molecular complexity index is 431. The standard InChI is InChI=1S/C15H24FN3/c1-11(17)8-12-4-5-15(14(16)9-12)19-7-6-13(10-19)18(2)3/h4-5,9,11,13H,6-8,10,17H2,1-3H3. The highest BCUT2D eigenvalue weighted by Gasteiger charge is 2.25. The second kappa shape index (κ2) is 5.88. The first-order chi connectivity index (χ1) is 8.97. The fourth-order valence-corrected chi connectivity index (χ4v) is 2.69. The van der Waals surface area contributed by atoms with Gasteiger partial charge in [0.2, 0.25) is 0 Å². The van der Waals surface area contributed by atoms with Crippen LogP contribution < -0.4 is 10.6 Å². The Morgan fingerprint density at radius 1 is 1.47 bits per heavy atom. The van der Waals surface area contributed by atoms with Gasteiger partial charge in [-0.3, -0.25) is 0 Å². The molecule has 1 aromatic carbocycles. The van der Waals surface area contributed by atoms with Crippen molar-refractivity contribution in [1.82, 2.24) is 4.90 Å². The van der Waals surface area contributed by atoms with Gasteiger partial charge in [-0.05, 0) is 51.6 Å². The summed E-state index contributed by atoms with van der Waals surface area (Å²) in [6.45, 7) is 3.76. The minimum atomic E-state index is -0.127. The molecule has 2 atom stereocenters. The van der Waals surface area contributed by atoms with Crippen LogP contribution >= 0.6 is 0 Å². The van der Waals surface area contributed by atoms with E-state index in [9.17, 15) is 4.39 Å². The fourth-order valence-electron chi connectivity index (χ4n) is 2.69. The van der Waals surface area contributed by atoms with E-state index in [0.717, 1.165) is 37.2 Å². The molecule has 3 nitrogen and oxygen atoms in total. The third-order valence-electron chi connectivity index (χ3n) is 3.80. The lowest BCUT2D eigenvalue weighted by molar-refractivity contribution is 0.315. The minimum Gasteiger partial charge on any atom is -0.368 e. The van der Waals surface area contributed by atoms with Gasteiger partial charge >= 0.3 is 0 Å². The van der Waals surface area contributed by atoms with Gasteiger partial charge in [-0.15, -0.1) is 0 Å². The van der Waals surface area contributed by atoms with Crippen LogP contribution in [-0.4, -0.2) is 44.2 Å². The molecule has 1 saturated heterocycles. The largest absolute Gasteiger partial charge is 0.368 e. The Balaban J connectivity index is 2.09. The molecule has 0 bridgehead atoms. The van der Waals surface area contributed by atoms with Gasteiger partial charge in [0.15, 0.2) is 0 Å². The van der Waals surface area contributed by atoms with Crippen LogP contribution in [0.3, 0.4) is 0 Å². The summed E-state index contributed by atoms with van der Waals surface area (Å²) in [5.74, 6) is -0.127. The Morgan fingerprint density at radius 2 is 2.21 bits per heavy atom. The maximum Gasteiger partial charge on any atom is 0.146 e. The van der Waals surface area contributed by atoms with Crippen molar-refractivity contribution in [2.45, 2.75) is 31.8 Å². The van der Waals surface area contributed by atoms with Crippen molar-refractivity contribution >= 4 is 5.69 Å². The molecular formula is C15H24FN3. The predicted octanol–water partition coefficient (Wildman–Crippen LogP) is 1.86. The van der Waals surface area contributed by atoms with Gasteiger partial charge in [-0.25, -0.2) is 4.39 Å². The first-order valence-corrected chi connectivity index (χ1v) is 6.92. The lowest BCUT2D eigenvalue weighted by Gasteiger charge is -2.22. The summed E-state index contributed by atoms with van der Waals surface area (Å²) >= 11 is 0. The topological polar surface area (TPSA) is 32.5 Å². The normalized spacial score (nSPS) is 21.2. The Morgan fingerprint density at radius 3 is 2.74 bits per heavy atom. The van der Waals surface area contributed by atoms with Gasteiger partial charge in [0.1, 0.15) is 5.82 Å². The van der Waals surface area contributed by atoms with Crippen molar-refractivity contribution in [2.75, 3.05) is 32.1 Å². The van der Waals surface area contributed by atoms with E-state index in [2.05, 4.69) is 23.9 Å². The molecule has 2 rings (SSSR count). The van der Waals surface area contributed by atoms with Crippen LogP contribution in [-0.2, 0) is 6.42 Å². The monoisotopic (exact) mass is 265 g/mol. The number of likely N-dealkylation sites (N-methyl/N-ethyl adjacent to an activating group) is 1. The van der Waals surface area contributed by atoms with Crippen LogP contribution in [0.1, 0.15) is 18.9 Å². The number of benzene rings is 1. The average molecular weight is 265 g/mol. The number of nitrogens with zero attached hydrogens (tertiary/aromatic N) is 2. The van der Waals surface area contributed by atoms with Gasteiger partial charge in [-0.1, -0.05) is 6.07 Å². The molecule has 0 aromatic heterocycles. The van der Waals surface area contributed by atoms with Gasteiger partial charge in [0.05, 0.1) is 5.69 Å². The molecule has 1 heterocycles. The first-order valence-electron chi connectivity index (χ1n) is 6.92. The Labute approximate surface area is 115 Å². The van der Waals surface area contributed by atoms with E-state index in [1.807, 2.05) is 19.1 Å². The molecule has 0 spiro atoms. The molecule has 4 heteroatoms. The summed E-state index contributed by atoms with van der Waals surface area (Å²) in [6.07, 6.45) is 1.81. The lowest BCUT2D eigenvalue weighted by Crippen LogP contribution is -2.31. The molecule has 0 aliphatic carbocycles. The molecule has 2 N–H and O–H groups in total. The molecule has 19 heavy (non-hydrogen) atoms. The zero-order chi connectivity index (χ0) is 14.0. The number of rotatable bonds is 4. The molecule has 1 aromatic rings. The molecule has 0 amide bonds. The summed E-state index contributed by atoms with van der Waals surface area (Å²) in [5, 5.41) is 0. The highest BCUT2D eigenvalue weighted by molar-refractivity contribution is 5.50. The quantitative estimate of drug-likeness (QED) is 0.902. The minimum absolute atomic E-state index is 0.0650. The van der Waals surface area contributed by atoms with Crippen LogP contribution in [0.4, 0.5) is 10.1 Å². The van der Waals surface area contributed by atoms with E-state index in [1.54, 1.807) is 6.07 Å². The molecule has 1 aliphatic rings. The number of nitrogens with two attached hydrogens (primary N) is 1. The summed E-state index contributed by atoms with van der Waals surface area (Å²) in [6, 6.07) is 6.09. The van der Waals surface area contributed by atoms with Gasteiger partial charge in [0, 0.05) is 25.2 Å². The molecule has 1 aliphatic heterocycles. The van der Waals surface area contributed by atoms with Gasteiger partial charge < -0.3 is 15.5 Å². The summed E-state index contributed by atoms with van der Waals surface area (Å²) in [5.41, 5.74) is 7.44. The van der Waals surface area contributed by atoms with Crippen LogP contribution in [0.5, 0.6) is 0 Å². The van der Waals surface area contributed by atoms with Crippen LogP contribution in [0.15, 0.2) is 18.2 Å². The van der Waals surface area contributed by atoms with Crippen molar-refractivity contribution in [3.05, 3.63) is 29.6 Å². The van der Waals surface area contributed by atoms with E-state index in [4.69, 9.17) is 5.73 Å². The van der Waals surface area contributed by atoms with E-state index in [1.165, 1.54) is 0 Å². The predicted molar refractivity (Wildman–Crippen MR) is 78.1 cm³/mol. The highest BCUT2D eigenvalue weighted by Crippen LogP contribution is 2.26. The molecule has 2 unspecified atom stereocenters. The van der Waals surface area contributed by atoms with Crippen molar-refractivity contribution in [3.8, 4) is 0 Å². The Kier molecular flexibility index (Phi) is 4.42. The van der Waals surface area contributed by atoms with Crippen LogP contribution in [0.2, 0.25) is 0 Å². The van der Waals surface area contributed by atoms with E-state index < -0.39 is 0 Å². The van der Waals surface area contributed by atoms with E-state index in [0.29, 0.717) is 6.04 Å². The number of anilines is 1. The summed E-state index contributed by atoms with van der Waals surface area (Å²) < 4.78 is 14.2. The van der Waals surface area contributed by atoms with Crippen LogP contribution in [0, 0.1) is 5.82 Å². The Hall–Kier alpha value is -1.13. The summed E-state index contributed by atoms with van der Waals surface area (Å²) in [4.78, 5) is 4.35.